The number of hydrogen-bond acceptors (Lipinski definition) is 3. The van der Waals surface area contributed by atoms with Crippen molar-refractivity contribution in [1.29, 1.82) is 0 Å². The standard InChI is InChI=1S/C12H11ClN2O3/c13-8-3-1-7(2-4-8)11(17)14-9-5-6-10(16)15-12(9)18/h1-4,9H,5-6H2,(H,14,17)(H,15,16,18)/t9-/m0/s1. The summed E-state index contributed by atoms with van der Waals surface area (Å²) in [6, 6.07) is 5.68. The van der Waals surface area contributed by atoms with Gasteiger partial charge in [0.15, 0.2) is 0 Å². The highest BCUT2D eigenvalue weighted by molar-refractivity contribution is 6.30. The molecule has 2 N–H and O–H groups in total. The lowest BCUT2D eigenvalue weighted by molar-refractivity contribution is -0.134. The Kier molecular flexibility index (Phi) is 3.62. The summed E-state index contributed by atoms with van der Waals surface area (Å²) in [5.74, 6) is -1.13. The Labute approximate surface area is 109 Å². The molecule has 0 aromatic heterocycles. The first-order chi connectivity index (χ1) is 8.56. The zero-order valence-corrected chi connectivity index (χ0v) is 10.2. The fourth-order valence-corrected chi connectivity index (χ4v) is 1.80. The van der Waals surface area contributed by atoms with Crippen molar-refractivity contribution in [3.63, 3.8) is 0 Å². The van der Waals surface area contributed by atoms with Crippen molar-refractivity contribution < 1.29 is 14.4 Å². The molecule has 2 rings (SSSR count). The van der Waals surface area contributed by atoms with Crippen molar-refractivity contribution >= 4 is 29.3 Å². The minimum atomic E-state index is -0.661. The van der Waals surface area contributed by atoms with Crippen LogP contribution in [0.4, 0.5) is 0 Å². The highest BCUT2D eigenvalue weighted by atomic mass is 35.5. The summed E-state index contributed by atoms with van der Waals surface area (Å²) in [5, 5.41) is 5.30. The van der Waals surface area contributed by atoms with Gasteiger partial charge in [-0.1, -0.05) is 11.6 Å². The number of nitrogens with one attached hydrogen (secondary N) is 2. The van der Waals surface area contributed by atoms with Gasteiger partial charge in [-0.2, -0.15) is 0 Å². The van der Waals surface area contributed by atoms with Crippen LogP contribution in [0.25, 0.3) is 0 Å². The summed E-state index contributed by atoms with van der Waals surface area (Å²) in [7, 11) is 0. The molecule has 0 bridgehead atoms. The van der Waals surface area contributed by atoms with Crippen LogP contribution in [0.1, 0.15) is 23.2 Å². The molecule has 1 aromatic carbocycles. The van der Waals surface area contributed by atoms with E-state index in [0.717, 1.165) is 0 Å². The van der Waals surface area contributed by atoms with Gasteiger partial charge in [-0.15, -0.1) is 0 Å². The first kappa shape index (κ1) is 12.6. The number of amides is 3. The van der Waals surface area contributed by atoms with Crippen LogP contribution in [-0.2, 0) is 9.59 Å². The minimum Gasteiger partial charge on any atom is -0.340 e. The molecular weight excluding hydrogens is 256 g/mol. The summed E-state index contributed by atoms with van der Waals surface area (Å²) in [5.41, 5.74) is 0.420. The molecule has 1 aliphatic rings. The van der Waals surface area contributed by atoms with Gasteiger partial charge < -0.3 is 5.32 Å². The van der Waals surface area contributed by atoms with Gasteiger partial charge in [-0.05, 0) is 30.7 Å². The van der Waals surface area contributed by atoms with E-state index in [1.54, 1.807) is 24.3 Å². The average molecular weight is 267 g/mol. The van der Waals surface area contributed by atoms with Gasteiger partial charge in [-0.3, -0.25) is 19.7 Å². The predicted molar refractivity (Wildman–Crippen MR) is 65.1 cm³/mol. The second-order valence-electron chi connectivity index (χ2n) is 3.98. The van der Waals surface area contributed by atoms with E-state index >= 15 is 0 Å². The predicted octanol–water partition coefficient (Wildman–Crippen LogP) is 0.875. The number of rotatable bonds is 2. The van der Waals surface area contributed by atoms with Crippen LogP contribution in [0.5, 0.6) is 0 Å². The zero-order chi connectivity index (χ0) is 13.1. The Bertz CT molecular complexity index is 499. The molecule has 1 atom stereocenters. The van der Waals surface area contributed by atoms with Crippen LogP contribution < -0.4 is 10.6 Å². The van der Waals surface area contributed by atoms with E-state index in [9.17, 15) is 14.4 Å². The van der Waals surface area contributed by atoms with Crippen LogP contribution in [0.2, 0.25) is 5.02 Å². The fraction of sp³-hybridized carbons (Fsp3) is 0.250. The van der Waals surface area contributed by atoms with Crippen LogP contribution in [-0.4, -0.2) is 23.8 Å². The van der Waals surface area contributed by atoms with Crippen molar-refractivity contribution in [2.45, 2.75) is 18.9 Å². The van der Waals surface area contributed by atoms with E-state index in [1.807, 2.05) is 0 Å². The highest BCUT2D eigenvalue weighted by Gasteiger charge is 2.27. The molecule has 6 heteroatoms. The van der Waals surface area contributed by atoms with Gasteiger partial charge in [0.25, 0.3) is 5.91 Å². The number of carbonyl (C=O) groups excluding carboxylic acids is 3. The third kappa shape index (κ3) is 2.87. The van der Waals surface area contributed by atoms with Crippen LogP contribution >= 0.6 is 11.6 Å². The third-order valence-corrected chi connectivity index (χ3v) is 2.90. The summed E-state index contributed by atoms with van der Waals surface area (Å²) >= 11 is 5.71. The van der Waals surface area contributed by atoms with Crippen molar-refractivity contribution in [1.82, 2.24) is 10.6 Å². The molecule has 0 saturated carbocycles. The van der Waals surface area contributed by atoms with E-state index in [2.05, 4.69) is 10.6 Å². The lowest BCUT2D eigenvalue weighted by Crippen LogP contribution is -2.52. The summed E-state index contributed by atoms with van der Waals surface area (Å²) in [6.45, 7) is 0. The minimum absolute atomic E-state index is 0.233. The third-order valence-electron chi connectivity index (χ3n) is 2.65. The Morgan fingerprint density at radius 3 is 2.56 bits per heavy atom. The SMILES string of the molecule is O=C1CC[C@H](NC(=O)c2ccc(Cl)cc2)C(=O)N1. The average Bonchev–Trinajstić information content (AvgIpc) is 2.33. The molecule has 1 saturated heterocycles. The number of piperidine rings is 1. The number of hydrogen-bond donors (Lipinski definition) is 2. The molecule has 1 heterocycles. The van der Waals surface area contributed by atoms with E-state index in [-0.39, 0.29) is 18.2 Å². The maximum atomic E-state index is 11.8. The first-order valence-corrected chi connectivity index (χ1v) is 5.84. The van der Waals surface area contributed by atoms with Crippen molar-refractivity contribution in [3.05, 3.63) is 34.9 Å². The van der Waals surface area contributed by atoms with Gasteiger partial charge in [-0.25, -0.2) is 0 Å². The Morgan fingerprint density at radius 2 is 1.94 bits per heavy atom. The van der Waals surface area contributed by atoms with Crippen molar-refractivity contribution in [3.8, 4) is 0 Å². The Balaban J connectivity index is 2.01. The number of imide groups is 1. The van der Waals surface area contributed by atoms with E-state index in [0.29, 0.717) is 17.0 Å². The molecule has 18 heavy (non-hydrogen) atoms. The summed E-state index contributed by atoms with van der Waals surface area (Å²) in [6.07, 6.45) is 0.557. The largest absolute Gasteiger partial charge is 0.340 e. The fourth-order valence-electron chi connectivity index (χ4n) is 1.67. The second kappa shape index (κ2) is 5.18. The lowest BCUT2D eigenvalue weighted by atomic mass is 10.1. The smallest absolute Gasteiger partial charge is 0.251 e. The van der Waals surface area contributed by atoms with Crippen LogP contribution in [0.3, 0.4) is 0 Å². The van der Waals surface area contributed by atoms with Crippen molar-refractivity contribution in [2.75, 3.05) is 0 Å². The lowest BCUT2D eigenvalue weighted by Gasteiger charge is -2.21. The molecule has 0 radical (unpaired) electrons. The molecule has 1 aliphatic heterocycles. The zero-order valence-electron chi connectivity index (χ0n) is 9.40. The second-order valence-corrected chi connectivity index (χ2v) is 4.42. The number of carbonyl (C=O) groups is 3. The van der Waals surface area contributed by atoms with E-state index in [4.69, 9.17) is 11.6 Å². The molecule has 1 fully saturated rings. The Hall–Kier alpha value is -1.88. The maximum Gasteiger partial charge on any atom is 0.251 e. The summed E-state index contributed by atoms with van der Waals surface area (Å²) < 4.78 is 0. The molecule has 3 amide bonds. The molecule has 0 spiro atoms. The van der Waals surface area contributed by atoms with E-state index < -0.39 is 11.9 Å². The molecule has 1 aromatic rings. The van der Waals surface area contributed by atoms with Gasteiger partial charge in [0.1, 0.15) is 6.04 Å². The van der Waals surface area contributed by atoms with Gasteiger partial charge in [0.05, 0.1) is 0 Å². The van der Waals surface area contributed by atoms with Gasteiger partial charge in [0.2, 0.25) is 11.8 Å². The quantitative estimate of drug-likeness (QED) is 0.780. The van der Waals surface area contributed by atoms with Gasteiger partial charge in [0, 0.05) is 17.0 Å². The van der Waals surface area contributed by atoms with Crippen LogP contribution in [0, 0.1) is 0 Å². The number of benzene rings is 1. The molecule has 0 aliphatic carbocycles. The monoisotopic (exact) mass is 266 g/mol. The molecule has 5 nitrogen and oxygen atoms in total. The van der Waals surface area contributed by atoms with E-state index in [1.165, 1.54) is 0 Å². The topological polar surface area (TPSA) is 75.3 Å². The molecule has 94 valence electrons. The van der Waals surface area contributed by atoms with Crippen molar-refractivity contribution in [2.24, 2.45) is 0 Å². The maximum absolute atomic E-state index is 11.8. The first-order valence-electron chi connectivity index (χ1n) is 5.46. The number of halogens is 1. The highest BCUT2D eigenvalue weighted by Crippen LogP contribution is 2.10. The van der Waals surface area contributed by atoms with Crippen LogP contribution in [0.15, 0.2) is 24.3 Å². The summed E-state index contributed by atoms with van der Waals surface area (Å²) in [4.78, 5) is 34.2. The molecule has 0 unspecified atom stereocenters. The normalized spacial score (nSPS) is 19.3. The van der Waals surface area contributed by atoms with Gasteiger partial charge >= 0.3 is 0 Å². The Morgan fingerprint density at radius 1 is 1.28 bits per heavy atom. The molecular formula is C12H11ClN2O3.